The molecule has 1 aromatic heterocycles. The highest BCUT2D eigenvalue weighted by molar-refractivity contribution is 7.99. The molecule has 0 bridgehead atoms. The molecule has 21 heavy (non-hydrogen) atoms. The second-order valence-corrected chi connectivity index (χ2v) is 5.78. The van der Waals surface area contributed by atoms with Crippen molar-refractivity contribution in [3.63, 3.8) is 0 Å². The Bertz CT molecular complexity index is 821. The van der Waals surface area contributed by atoms with Crippen LogP contribution in [0, 0.1) is 0 Å². The number of para-hydroxylation sites is 2. The van der Waals surface area contributed by atoms with E-state index in [2.05, 4.69) is 9.97 Å². The van der Waals surface area contributed by atoms with Crippen LogP contribution in [0.15, 0.2) is 58.5 Å². The SMILES string of the molecule is NC(=O)c1nc2ccccc2nc1Sc1ccc(Cl)cc1. The summed E-state index contributed by atoms with van der Waals surface area (Å²) in [5, 5.41) is 1.14. The van der Waals surface area contributed by atoms with E-state index < -0.39 is 5.91 Å². The van der Waals surface area contributed by atoms with E-state index in [0.717, 1.165) is 10.4 Å². The fraction of sp³-hybridized carbons (Fsp3) is 0. The largest absolute Gasteiger partial charge is 0.364 e. The Kier molecular flexibility index (Phi) is 3.77. The molecule has 3 rings (SSSR count). The number of rotatable bonds is 3. The number of amides is 1. The van der Waals surface area contributed by atoms with Crippen LogP contribution in [0.1, 0.15) is 10.5 Å². The van der Waals surface area contributed by atoms with E-state index in [4.69, 9.17) is 17.3 Å². The number of benzene rings is 2. The number of primary amides is 1. The fourth-order valence-electron chi connectivity index (χ4n) is 1.83. The number of halogens is 1. The molecule has 2 N–H and O–H groups in total. The lowest BCUT2D eigenvalue weighted by atomic mass is 10.3. The minimum absolute atomic E-state index is 0.175. The summed E-state index contributed by atoms with van der Waals surface area (Å²) in [7, 11) is 0. The van der Waals surface area contributed by atoms with Gasteiger partial charge in [-0.1, -0.05) is 35.5 Å². The maximum absolute atomic E-state index is 11.6. The van der Waals surface area contributed by atoms with Gasteiger partial charge in [-0.3, -0.25) is 4.79 Å². The van der Waals surface area contributed by atoms with Gasteiger partial charge in [-0.15, -0.1) is 0 Å². The zero-order valence-electron chi connectivity index (χ0n) is 10.8. The second-order valence-electron chi connectivity index (χ2n) is 4.29. The van der Waals surface area contributed by atoms with Gasteiger partial charge in [-0.05, 0) is 36.4 Å². The molecular formula is C15H10ClN3OS. The van der Waals surface area contributed by atoms with Crippen molar-refractivity contribution in [3.05, 3.63) is 59.2 Å². The highest BCUT2D eigenvalue weighted by Gasteiger charge is 2.14. The van der Waals surface area contributed by atoms with Crippen LogP contribution >= 0.6 is 23.4 Å². The minimum atomic E-state index is -0.593. The van der Waals surface area contributed by atoms with Crippen molar-refractivity contribution < 1.29 is 4.79 Å². The number of aromatic nitrogens is 2. The van der Waals surface area contributed by atoms with Gasteiger partial charge < -0.3 is 5.73 Å². The lowest BCUT2D eigenvalue weighted by Crippen LogP contribution is -2.15. The molecule has 2 aromatic carbocycles. The van der Waals surface area contributed by atoms with Crippen LogP contribution in [-0.2, 0) is 0 Å². The third kappa shape index (κ3) is 2.99. The molecule has 0 unspecified atom stereocenters. The van der Waals surface area contributed by atoms with Gasteiger partial charge in [0, 0.05) is 9.92 Å². The second kappa shape index (κ2) is 5.71. The average molecular weight is 316 g/mol. The molecule has 6 heteroatoms. The number of fused-ring (bicyclic) bond motifs is 1. The van der Waals surface area contributed by atoms with Crippen LogP contribution in [0.4, 0.5) is 0 Å². The van der Waals surface area contributed by atoms with Gasteiger partial charge in [0.05, 0.1) is 11.0 Å². The maximum Gasteiger partial charge on any atom is 0.270 e. The summed E-state index contributed by atoms with van der Waals surface area (Å²) < 4.78 is 0. The lowest BCUT2D eigenvalue weighted by Gasteiger charge is -2.07. The Morgan fingerprint density at radius 1 is 1.00 bits per heavy atom. The van der Waals surface area contributed by atoms with Gasteiger partial charge in [-0.25, -0.2) is 9.97 Å². The third-order valence-corrected chi connectivity index (χ3v) is 4.04. The van der Waals surface area contributed by atoms with Crippen molar-refractivity contribution in [2.75, 3.05) is 0 Å². The Morgan fingerprint density at radius 2 is 1.62 bits per heavy atom. The first kappa shape index (κ1) is 13.9. The highest BCUT2D eigenvalue weighted by atomic mass is 35.5. The zero-order valence-corrected chi connectivity index (χ0v) is 12.4. The molecule has 0 aliphatic heterocycles. The Labute approximate surface area is 130 Å². The molecule has 0 aliphatic rings. The van der Waals surface area contributed by atoms with E-state index in [-0.39, 0.29) is 5.69 Å². The lowest BCUT2D eigenvalue weighted by molar-refractivity contribution is 0.0992. The van der Waals surface area contributed by atoms with Gasteiger partial charge in [-0.2, -0.15) is 0 Å². The molecule has 0 saturated carbocycles. The number of nitrogens with two attached hydrogens (primary N) is 1. The standard InChI is InChI=1S/C15H10ClN3OS/c16-9-5-7-10(8-6-9)21-15-13(14(17)20)18-11-3-1-2-4-12(11)19-15/h1-8H,(H2,17,20). The summed E-state index contributed by atoms with van der Waals surface area (Å²) in [6.45, 7) is 0. The number of nitrogens with zero attached hydrogens (tertiary/aromatic N) is 2. The predicted molar refractivity (Wildman–Crippen MR) is 83.6 cm³/mol. The van der Waals surface area contributed by atoms with Crippen molar-refractivity contribution in [3.8, 4) is 0 Å². The van der Waals surface area contributed by atoms with Crippen LogP contribution in [0.5, 0.6) is 0 Å². The van der Waals surface area contributed by atoms with E-state index in [9.17, 15) is 4.79 Å². The quantitative estimate of drug-likeness (QED) is 0.802. The molecule has 104 valence electrons. The molecule has 0 atom stereocenters. The van der Waals surface area contributed by atoms with E-state index in [1.807, 2.05) is 30.3 Å². The molecule has 0 fully saturated rings. The van der Waals surface area contributed by atoms with Crippen molar-refractivity contribution in [2.24, 2.45) is 5.73 Å². The van der Waals surface area contributed by atoms with E-state index in [0.29, 0.717) is 15.6 Å². The monoisotopic (exact) mass is 315 g/mol. The topological polar surface area (TPSA) is 68.9 Å². The first-order valence-electron chi connectivity index (χ1n) is 6.13. The molecule has 3 aromatic rings. The van der Waals surface area contributed by atoms with Crippen LogP contribution in [0.3, 0.4) is 0 Å². The van der Waals surface area contributed by atoms with Gasteiger partial charge in [0.1, 0.15) is 5.03 Å². The molecule has 1 heterocycles. The summed E-state index contributed by atoms with van der Waals surface area (Å²) in [5.74, 6) is -0.593. The predicted octanol–water partition coefficient (Wildman–Crippen LogP) is 3.53. The molecular weight excluding hydrogens is 306 g/mol. The van der Waals surface area contributed by atoms with E-state index >= 15 is 0 Å². The zero-order chi connectivity index (χ0) is 14.8. The number of hydrogen-bond donors (Lipinski definition) is 1. The van der Waals surface area contributed by atoms with E-state index in [1.54, 1.807) is 18.2 Å². The molecule has 0 saturated heterocycles. The summed E-state index contributed by atoms with van der Waals surface area (Å²) in [6.07, 6.45) is 0. The molecule has 0 aliphatic carbocycles. The third-order valence-electron chi connectivity index (χ3n) is 2.80. The molecule has 4 nitrogen and oxygen atoms in total. The summed E-state index contributed by atoms with van der Waals surface area (Å²) in [4.78, 5) is 21.3. The normalized spacial score (nSPS) is 10.7. The van der Waals surface area contributed by atoms with Crippen LogP contribution < -0.4 is 5.73 Å². The average Bonchev–Trinajstić information content (AvgIpc) is 2.48. The van der Waals surface area contributed by atoms with E-state index in [1.165, 1.54) is 11.8 Å². The van der Waals surface area contributed by atoms with Gasteiger partial charge in [0.25, 0.3) is 5.91 Å². The first-order chi connectivity index (χ1) is 10.1. The van der Waals surface area contributed by atoms with Crippen LogP contribution in [-0.4, -0.2) is 15.9 Å². The van der Waals surface area contributed by atoms with Gasteiger partial charge in [0.2, 0.25) is 0 Å². The van der Waals surface area contributed by atoms with Crippen molar-refractivity contribution >= 4 is 40.3 Å². The Hall–Kier alpha value is -2.11. The van der Waals surface area contributed by atoms with Crippen molar-refractivity contribution in [1.82, 2.24) is 9.97 Å². The Morgan fingerprint density at radius 3 is 2.24 bits per heavy atom. The van der Waals surface area contributed by atoms with Crippen LogP contribution in [0.25, 0.3) is 11.0 Å². The number of carbonyl (C=O) groups is 1. The highest BCUT2D eigenvalue weighted by Crippen LogP contribution is 2.30. The number of hydrogen-bond acceptors (Lipinski definition) is 4. The smallest absolute Gasteiger partial charge is 0.270 e. The molecule has 0 radical (unpaired) electrons. The van der Waals surface area contributed by atoms with Crippen molar-refractivity contribution in [1.29, 1.82) is 0 Å². The Balaban J connectivity index is 2.09. The van der Waals surface area contributed by atoms with Gasteiger partial charge in [0.15, 0.2) is 5.69 Å². The summed E-state index contributed by atoms with van der Waals surface area (Å²) >= 11 is 7.20. The first-order valence-corrected chi connectivity index (χ1v) is 7.33. The summed E-state index contributed by atoms with van der Waals surface area (Å²) in [5.41, 5.74) is 6.95. The van der Waals surface area contributed by atoms with Crippen molar-refractivity contribution in [2.45, 2.75) is 9.92 Å². The number of carbonyl (C=O) groups excluding carboxylic acids is 1. The minimum Gasteiger partial charge on any atom is -0.364 e. The summed E-state index contributed by atoms with van der Waals surface area (Å²) in [6, 6.07) is 14.6. The molecule has 0 spiro atoms. The fourth-order valence-corrected chi connectivity index (χ4v) is 2.84. The van der Waals surface area contributed by atoms with Gasteiger partial charge >= 0.3 is 0 Å². The molecule has 1 amide bonds. The van der Waals surface area contributed by atoms with Crippen LogP contribution in [0.2, 0.25) is 5.02 Å². The maximum atomic E-state index is 11.6.